The molecule has 0 aliphatic carbocycles. The van der Waals surface area contributed by atoms with Crippen molar-refractivity contribution in [3.8, 4) is 5.75 Å². The molecule has 3 rings (SSSR count). The lowest BCUT2D eigenvalue weighted by molar-refractivity contribution is 0.0651. The zero-order valence-electron chi connectivity index (χ0n) is 10.6. The summed E-state index contributed by atoms with van der Waals surface area (Å²) in [6, 6.07) is 12.2. The zero-order valence-corrected chi connectivity index (χ0v) is 10.6. The molecular formula is C16H15FO2. The van der Waals surface area contributed by atoms with Crippen molar-refractivity contribution < 1.29 is 14.2 Å². The van der Waals surface area contributed by atoms with E-state index < -0.39 is 6.10 Å². The minimum Gasteiger partial charge on any atom is -0.485 e. The molecule has 1 unspecified atom stereocenters. The van der Waals surface area contributed by atoms with Gasteiger partial charge in [-0.15, -0.1) is 0 Å². The first-order chi connectivity index (χ1) is 9.15. The average Bonchev–Trinajstić information content (AvgIpc) is 2.38. The molecule has 1 aliphatic rings. The summed E-state index contributed by atoms with van der Waals surface area (Å²) in [6.45, 7) is 2.01. The molecule has 0 bridgehead atoms. The number of halogens is 1. The summed E-state index contributed by atoms with van der Waals surface area (Å²) in [7, 11) is 0. The van der Waals surface area contributed by atoms with Gasteiger partial charge >= 0.3 is 0 Å². The first-order valence-corrected chi connectivity index (χ1v) is 6.35. The van der Waals surface area contributed by atoms with Crippen LogP contribution in [0.15, 0.2) is 42.5 Å². The number of aliphatic hydroxyl groups is 1. The molecule has 0 aromatic heterocycles. The van der Waals surface area contributed by atoms with Gasteiger partial charge in [0.15, 0.2) is 0 Å². The maximum Gasteiger partial charge on any atom is 0.128 e. The second-order valence-electron chi connectivity index (χ2n) is 4.90. The topological polar surface area (TPSA) is 29.5 Å². The first kappa shape index (κ1) is 12.2. The minimum atomic E-state index is -0.617. The maximum absolute atomic E-state index is 13.3. The van der Waals surface area contributed by atoms with Crippen LogP contribution in [0, 0.1) is 12.7 Å². The van der Waals surface area contributed by atoms with Crippen molar-refractivity contribution in [1.29, 1.82) is 0 Å². The third kappa shape index (κ3) is 2.22. The van der Waals surface area contributed by atoms with Crippen molar-refractivity contribution in [3.05, 3.63) is 65.0 Å². The molecule has 2 nitrogen and oxygen atoms in total. The number of benzene rings is 2. The van der Waals surface area contributed by atoms with Crippen molar-refractivity contribution in [3.63, 3.8) is 0 Å². The lowest BCUT2D eigenvalue weighted by atomic mass is 9.93. The smallest absolute Gasteiger partial charge is 0.128 e. The highest BCUT2D eigenvalue weighted by Crippen LogP contribution is 2.41. The van der Waals surface area contributed by atoms with Crippen LogP contribution in [0.2, 0.25) is 0 Å². The van der Waals surface area contributed by atoms with Crippen LogP contribution in [-0.4, -0.2) is 5.11 Å². The third-order valence-electron chi connectivity index (χ3n) is 3.58. The Morgan fingerprint density at radius 2 is 1.95 bits per heavy atom. The highest BCUT2D eigenvalue weighted by Gasteiger charge is 2.28. The summed E-state index contributed by atoms with van der Waals surface area (Å²) in [5.41, 5.74) is 2.81. The van der Waals surface area contributed by atoms with Crippen molar-refractivity contribution in [2.75, 3.05) is 0 Å². The number of rotatable bonds is 1. The van der Waals surface area contributed by atoms with E-state index in [-0.39, 0.29) is 11.9 Å². The Balaban J connectivity index is 1.99. The molecule has 0 amide bonds. The number of hydrogen-bond acceptors (Lipinski definition) is 2. The van der Waals surface area contributed by atoms with Crippen LogP contribution in [0.3, 0.4) is 0 Å². The second kappa shape index (κ2) is 4.67. The highest BCUT2D eigenvalue weighted by molar-refractivity contribution is 5.40. The largest absolute Gasteiger partial charge is 0.485 e. The van der Waals surface area contributed by atoms with E-state index in [1.165, 1.54) is 12.1 Å². The molecule has 0 radical (unpaired) electrons. The number of hydrogen-bond donors (Lipinski definition) is 1. The number of fused-ring (bicyclic) bond motifs is 1. The standard InChI is InChI=1S/C16H15FO2/c1-10-4-2-3-5-12(10)16-9-14(18)13-7-6-11(17)8-15(13)19-16/h2-8,14,16,18H,9H2,1H3/t14-,16?/m0/s1. The van der Waals surface area contributed by atoms with Crippen LogP contribution in [0.4, 0.5) is 4.39 Å². The summed E-state index contributed by atoms with van der Waals surface area (Å²) in [4.78, 5) is 0. The second-order valence-corrected chi connectivity index (χ2v) is 4.90. The highest BCUT2D eigenvalue weighted by atomic mass is 19.1. The predicted octanol–water partition coefficient (Wildman–Crippen LogP) is 3.69. The fourth-order valence-electron chi connectivity index (χ4n) is 2.56. The molecule has 2 atom stereocenters. The van der Waals surface area contributed by atoms with Crippen molar-refractivity contribution in [1.82, 2.24) is 0 Å². The van der Waals surface area contributed by atoms with E-state index >= 15 is 0 Å². The van der Waals surface area contributed by atoms with E-state index in [1.807, 2.05) is 31.2 Å². The van der Waals surface area contributed by atoms with E-state index in [2.05, 4.69) is 0 Å². The van der Waals surface area contributed by atoms with Crippen molar-refractivity contribution in [2.45, 2.75) is 25.6 Å². The van der Waals surface area contributed by atoms with Gasteiger partial charge in [-0.2, -0.15) is 0 Å². The van der Waals surface area contributed by atoms with Crippen LogP contribution in [0.1, 0.15) is 35.3 Å². The molecule has 0 saturated heterocycles. The van der Waals surface area contributed by atoms with E-state index in [1.54, 1.807) is 6.07 Å². The summed E-state index contributed by atoms with van der Waals surface area (Å²) in [5.74, 6) is 0.0865. The normalized spacial score (nSPS) is 21.6. The van der Waals surface area contributed by atoms with Crippen LogP contribution < -0.4 is 4.74 Å². The molecule has 2 aromatic rings. The Labute approximate surface area is 111 Å². The fourth-order valence-corrected chi connectivity index (χ4v) is 2.56. The summed E-state index contributed by atoms with van der Waals surface area (Å²) in [6.07, 6.45) is -0.358. The molecule has 1 aliphatic heterocycles. The molecule has 2 aromatic carbocycles. The van der Waals surface area contributed by atoms with Gasteiger partial charge in [-0.1, -0.05) is 24.3 Å². The van der Waals surface area contributed by atoms with E-state index in [0.29, 0.717) is 17.7 Å². The molecule has 98 valence electrons. The monoisotopic (exact) mass is 258 g/mol. The Bertz CT molecular complexity index is 609. The van der Waals surface area contributed by atoms with Crippen molar-refractivity contribution >= 4 is 0 Å². The summed E-state index contributed by atoms with van der Waals surface area (Å²) >= 11 is 0. The Morgan fingerprint density at radius 3 is 2.74 bits per heavy atom. The van der Waals surface area contributed by atoms with Crippen LogP contribution in [-0.2, 0) is 0 Å². The Hall–Kier alpha value is -1.87. The van der Waals surface area contributed by atoms with Crippen LogP contribution in [0.5, 0.6) is 5.75 Å². The zero-order chi connectivity index (χ0) is 13.4. The summed E-state index contributed by atoms with van der Waals surface area (Å²) < 4.78 is 19.1. The lowest BCUT2D eigenvalue weighted by Gasteiger charge is -2.30. The van der Waals surface area contributed by atoms with Gasteiger partial charge in [-0.25, -0.2) is 4.39 Å². The molecular weight excluding hydrogens is 243 g/mol. The number of ether oxygens (including phenoxy) is 1. The molecule has 0 saturated carbocycles. The molecule has 19 heavy (non-hydrogen) atoms. The Kier molecular flexibility index (Phi) is 2.99. The minimum absolute atomic E-state index is 0.231. The van der Waals surface area contributed by atoms with Gasteiger partial charge < -0.3 is 9.84 Å². The third-order valence-corrected chi connectivity index (χ3v) is 3.58. The molecule has 3 heteroatoms. The molecule has 0 spiro atoms. The van der Waals surface area contributed by atoms with Crippen molar-refractivity contribution in [2.24, 2.45) is 0 Å². The van der Waals surface area contributed by atoms with Gasteiger partial charge in [0.05, 0.1) is 6.10 Å². The van der Waals surface area contributed by atoms with E-state index in [4.69, 9.17) is 4.74 Å². The molecule has 0 fully saturated rings. The fraction of sp³-hybridized carbons (Fsp3) is 0.250. The first-order valence-electron chi connectivity index (χ1n) is 6.35. The molecule has 1 N–H and O–H groups in total. The van der Waals surface area contributed by atoms with E-state index in [0.717, 1.165) is 11.1 Å². The lowest BCUT2D eigenvalue weighted by Crippen LogP contribution is -2.19. The van der Waals surface area contributed by atoms with Gasteiger partial charge in [-0.05, 0) is 30.2 Å². The maximum atomic E-state index is 13.3. The SMILES string of the molecule is Cc1ccccc1C1C[C@H](O)c2ccc(F)cc2O1. The number of aliphatic hydroxyl groups excluding tert-OH is 1. The number of aryl methyl sites for hydroxylation is 1. The Morgan fingerprint density at radius 1 is 1.16 bits per heavy atom. The quantitative estimate of drug-likeness (QED) is 0.845. The van der Waals surface area contributed by atoms with Gasteiger partial charge in [0.2, 0.25) is 0 Å². The van der Waals surface area contributed by atoms with Gasteiger partial charge in [0, 0.05) is 18.1 Å². The molecule has 1 heterocycles. The van der Waals surface area contributed by atoms with Crippen LogP contribution in [0.25, 0.3) is 0 Å². The van der Waals surface area contributed by atoms with Crippen LogP contribution >= 0.6 is 0 Å². The van der Waals surface area contributed by atoms with Gasteiger partial charge in [-0.3, -0.25) is 0 Å². The van der Waals surface area contributed by atoms with E-state index in [9.17, 15) is 9.50 Å². The summed E-state index contributed by atoms with van der Waals surface area (Å²) in [5, 5.41) is 10.2. The van der Waals surface area contributed by atoms with Gasteiger partial charge in [0.25, 0.3) is 0 Å². The predicted molar refractivity (Wildman–Crippen MR) is 70.5 cm³/mol. The average molecular weight is 258 g/mol. The van der Waals surface area contributed by atoms with Gasteiger partial charge in [0.1, 0.15) is 17.7 Å².